The van der Waals surface area contributed by atoms with Crippen LogP contribution in [0, 0.1) is 19.8 Å². The summed E-state index contributed by atoms with van der Waals surface area (Å²) in [5, 5.41) is 18.3. The summed E-state index contributed by atoms with van der Waals surface area (Å²) >= 11 is 0. The minimum atomic E-state index is -0.180. The number of aromatic nitrogens is 2. The van der Waals surface area contributed by atoms with Crippen molar-refractivity contribution in [1.29, 1.82) is 0 Å². The van der Waals surface area contributed by atoms with Crippen LogP contribution in [0.5, 0.6) is 0 Å². The molecule has 2 unspecified atom stereocenters. The largest absolute Gasteiger partial charge is 0.466 e. The molecular formula is C17H25N3O3. The Hall–Kier alpha value is -1.66. The number of hydrogen-bond donors (Lipinski definition) is 1. The van der Waals surface area contributed by atoms with E-state index in [2.05, 4.69) is 15.1 Å². The molecule has 0 aliphatic heterocycles. The van der Waals surface area contributed by atoms with Crippen molar-refractivity contribution in [3.8, 4) is 11.5 Å². The van der Waals surface area contributed by atoms with E-state index >= 15 is 0 Å². The van der Waals surface area contributed by atoms with Gasteiger partial charge in [0.15, 0.2) is 0 Å². The van der Waals surface area contributed by atoms with Gasteiger partial charge in [-0.2, -0.15) is 0 Å². The number of nitrogens with zero attached hydrogens (tertiary/aromatic N) is 3. The fraction of sp³-hybridized carbons (Fsp3) is 0.647. The predicted octanol–water partition coefficient (Wildman–Crippen LogP) is 2.93. The van der Waals surface area contributed by atoms with Crippen LogP contribution in [0.2, 0.25) is 0 Å². The van der Waals surface area contributed by atoms with Gasteiger partial charge >= 0.3 is 0 Å². The van der Waals surface area contributed by atoms with Crippen molar-refractivity contribution in [1.82, 2.24) is 15.1 Å². The molecule has 0 radical (unpaired) electrons. The normalized spacial score (nSPS) is 22.0. The minimum Gasteiger partial charge on any atom is -0.466 e. The van der Waals surface area contributed by atoms with Gasteiger partial charge in [-0.15, -0.1) is 10.2 Å². The van der Waals surface area contributed by atoms with Gasteiger partial charge in [0.2, 0.25) is 5.89 Å². The molecule has 2 atom stereocenters. The first-order chi connectivity index (χ1) is 11.0. The van der Waals surface area contributed by atoms with Gasteiger partial charge in [-0.3, -0.25) is 4.90 Å². The first kappa shape index (κ1) is 16.2. The second-order valence-electron chi connectivity index (χ2n) is 6.64. The highest BCUT2D eigenvalue weighted by Gasteiger charge is 2.24. The lowest BCUT2D eigenvalue weighted by Gasteiger charge is -2.30. The fourth-order valence-electron chi connectivity index (χ4n) is 3.37. The van der Waals surface area contributed by atoms with E-state index in [1.165, 1.54) is 6.42 Å². The Kier molecular flexibility index (Phi) is 4.82. The molecule has 23 heavy (non-hydrogen) atoms. The van der Waals surface area contributed by atoms with Crippen molar-refractivity contribution in [2.75, 3.05) is 13.6 Å². The number of aryl methyl sites for hydroxylation is 2. The summed E-state index contributed by atoms with van der Waals surface area (Å²) in [6, 6.07) is 1.91. The van der Waals surface area contributed by atoms with Crippen molar-refractivity contribution in [2.24, 2.45) is 5.92 Å². The molecule has 1 aliphatic rings. The van der Waals surface area contributed by atoms with E-state index in [0.29, 0.717) is 24.2 Å². The summed E-state index contributed by atoms with van der Waals surface area (Å²) in [4.78, 5) is 2.14. The Balaban J connectivity index is 1.61. The van der Waals surface area contributed by atoms with Gasteiger partial charge < -0.3 is 13.9 Å². The van der Waals surface area contributed by atoms with Crippen LogP contribution in [0.3, 0.4) is 0 Å². The van der Waals surface area contributed by atoms with Gasteiger partial charge in [-0.1, -0.05) is 12.8 Å². The van der Waals surface area contributed by atoms with E-state index in [-0.39, 0.29) is 6.10 Å². The Labute approximate surface area is 136 Å². The summed E-state index contributed by atoms with van der Waals surface area (Å²) in [6.07, 6.45) is 4.18. The van der Waals surface area contributed by atoms with Gasteiger partial charge in [-0.05, 0) is 45.7 Å². The molecule has 1 N–H and O–H groups in total. The molecule has 3 rings (SSSR count). The molecule has 1 saturated carbocycles. The van der Waals surface area contributed by atoms with Crippen LogP contribution >= 0.6 is 0 Å². The topological polar surface area (TPSA) is 75.5 Å². The summed E-state index contributed by atoms with van der Waals surface area (Å²) < 4.78 is 11.3. The third-order valence-corrected chi connectivity index (χ3v) is 4.56. The monoisotopic (exact) mass is 319 g/mol. The smallest absolute Gasteiger partial charge is 0.251 e. The van der Waals surface area contributed by atoms with Crippen LogP contribution < -0.4 is 0 Å². The lowest BCUT2D eigenvalue weighted by molar-refractivity contribution is 0.0488. The number of furan rings is 1. The summed E-state index contributed by atoms with van der Waals surface area (Å²) in [6.45, 7) is 5.23. The molecule has 0 amide bonds. The summed E-state index contributed by atoms with van der Waals surface area (Å²) in [7, 11) is 2.03. The zero-order valence-corrected chi connectivity index (χ0v) is 14.1. The molecule has 6 heteroatoms. The van der Waals surface area contributed by atoms with Crippen LogP contribution in [0.1, 0.15) is 43.1 Å². The third-order valence-electron chi connectivity index (χ3n) is 4.56. The maximum absolute atomic E-state index is 10.1. The van der Waals surface area contributed by atoms with Gasteiger partial charge in [-0.25, -0.2) is 0 Å². The van der Waals surface area contributed by atoms with E-state index in [9.17, 15) is 5.11 Å². The van der Waals surface area contributed by atoms with E-state index < -0.39 is 0 Å². The summed E-state index contributed by atoms with van der Waals surface area (Å²) in [5.74, 6) is 3.05. The zero-order chi connectivity index (χ0) is 16.4. The lowest BCUT2D eigenvalue weighted by Crippen LogP contribution is -2.34. The molecule has 0 saturated heterocycles. The molecular weight excluding hydrogens is 294 g/mol. The molecule has 0 aromatic carbocycles. The van der Waals surface area contributed by atoms with Crippen LogP contribution in [0.4, 0.5) is 0 Å². The second kappa shape index (κ2) is 6.84. The van der Waals surface area contributed by atoms with Crippen LogP contribution in [-0.2, 0) is 6.54 Å². The lowest BCUT2D eigenvalue weighted by atomic mass is 9.86. The Morgan fingerprint density at radius 3 is 2.70 bits per heavy atom. The molecule has 1 aliphatic carbocycles. The van der Waals surface area contributed by atoms with Gasteiger partial charge in [0.1, 0.15) is 11.5 Å². The first-order valence-electron chi connectivity index (χ1n) is 8.29. The SMILES string of the molecule is Cc1cc(-c2nnc(CN(C)CC3CCCCC3O)o2)c(C)o1. The standard InChI is InChI=1S/C17H25N3O3/c1-11-8-14(12(2)22-11)17-19-18-16(23-17)10-20(3)9-13-6-4-5-7-15(13)21/h8,13,15,21H,4-7,9-10H2,1-3H3. The van der Waals surface area contributed by atoms with Crippen LogP contribution in [-0.4, -0.2) is 39.9 Å². The average molecular weight is 319 g/mol. The van der Waals surface area contributed by atoms with E-state index in [1.807, 2.05) is 27.0 Å². The number of aliphatic hydroxyl groups is 1. The number of hydrogen-bond acceptors (Lipinski definition) is 6. The average Bonchev–Trinajstić information content (AvgIpc) is 3.07. The number of rotatable bonds is 5. The number of aliphatic hydroxyl groups excluding tert-OH is 1. The van der Waals surface area contributed by atoms with Crippen molar-refractivity contribution in [3.63, 3.8) is 0 Å². The highest BCUT2D eigenvalue weighted by atomic mass is 16.4. The third kappa shape index (κ3) is 3.82. The molecule has 2 aromatic rings. The molecule has 1 fully saturated rings. The molecule has 0 bridgehead atoms. The quantitative estimate of drug-likeness (QED) is 0.913. The van der Waals surface area contributed by atoms with Crippen LogP contribution in [0.25, 0.3) is 11.5 Å². The van der Waals surface area contributed by atoms with Crippen molar-refractivity contribution >= 4 is 0 Å². The molecule has 126 valence electrons. The first-order valence-corrected chi connectivity index (χ1v) is 8.29. The van der Waals surface area contributed by atoms with Crippen molar-refractivity contribution in [3.05, 3.63) is 23.5 Å². The Bertz CT molecular complexity index is 649. The van der Waals surface area contributed by atoms with Crippen LogP contribution in [0.15, 0.2) is 14.9 Å². The molecule has 2 heterocycles. The predicted molar refractivity (Wildman–Crippen MR) is 85.8 cm³/mol. The second-order valence-corrected chi connectivity index (χ2v) is 6.64. The summed E-state index contributed by atoms with van der Waals surface area (Å²) in [5.41, 5.74) is 0.853. The Morgan fingerprint density at radius 1 is 1.22 bits per heavy atom. The highest BCUT2D eigenvalue weighted by molar-refractivity contribution is 5.55. The van der Waals surface area contributed by atoms with E-state index in [4.69, 9.17) is 8.83 Å². The van der Waals surface area contributed by atoms with Gasteiger partial charge in [0, 0.05) is 6.54 Å². The maximum atomic E-state index is 10.1. The maximum Gasteiger partial charge on any atom is 0.251 e. The molecule has 2 aromatic heterocycles. The molecule has 6 nitrogen and oxygen atoms in total. The van der Waals surface area contributed by atoms with Crippen molar-refractivity contribution < 1.29 is 13.9 Å². The zero-order valence-electron chi connectivity index (χ0n) is 14.1. The van der Waals surface area contributed by atoms with E-state index in [1.54, 1.807) is 0 Å². The Morgan fingerprint density at radius 2 is 2.00 bits per heavy atom. The van der Waals surface area contributed by atoms with Gasteiger partial charge in [0.25, 0.3) is 5.89 Å². The highest BCUT2D eigenvalue weighted by Crippen LogP contribution is 2.27. The van der Waals surface area contributed by atoms with Gasteiger partial charge in [0.05, 0.1) is 18.2 Å². The van der Waals surface area contributed by atoms with Crippen molar-refractivity contribution in [2.45, 2.75) is 52.2 Å². The fourth-order valence-corrected chi connectivity index (χ4v) is 3.37. The van der Waals surface area contributed by atoms with E-state index in [0.717, 1.165) is 42.9 Å². The molecule has 0 spiro atoms. The minimum absolute atomic E-state index is 0.180.